The van der Waals surface area contributed by atoms with Crippen molar-refractivity contribution in [1.29, 1.82) is 0 Å². The molecule has 0 aromatic heterocycles. The Bertz CT molecular complexity index is 756. The summed E-state index contributed by atoms with van der Waals surface area (Å²) in [5, 5.41) is 3.92. The smallest absolute Gasteiger partial charge is 0.266 e. The molecule has 4 nitrogen and oxygen atoms in total. The van der Waals surface area contributed by atoms with Crippen LogP contribution in [0.15, 0.2) is 23.1 Å². The van der Waals surface area contributed by atoms with E-state index in [1.807, 2.05) is 0 Å². The zero-order valence-electron chi connectivity index (χ0n) is 14.0. The summed E-state index contributed by atoms with van der Waals surface area (Å²) in [6, 6.07) is 5.35. The first-order valence-corrected chi connectivity index (χ1v) is 10.4. The lowest BCUT2D eigenvalue weighted by atomic mass is 9.95. The Labute approximate surface area is 172 Å². The molecule has 1 aromatic carbocycles. The van der Waals surface area contributed by atoms with Gasteiger partial charge in [0.2, 0.25) is 5.91 Å². The van der Waals surface area contributed by atoms with Crippen molar-refractivity contribution in [1.82, 2.24) is 10.2 Å². The van der Waals surface area contributed by atoms with Crippen LogP contribution < -0.4 is 5.32 Å². The van der Waals surface area contributed by atoms with Crippen LogP contribution in [0.3, 0.4) is 0 Å². The van der Waals surface area contributed by atoms with Crippen molar-refractivity contribution in [3.8, 4) is 0 Å². The van der Waals surface area contributed by atoms with Crippen LogP contribution in [-0.2, 0) is 9.59 Å². The fourth-order valence-electron chi connectivity index (χ4n) is 3.08. The number of rotatable bonds is 4. The lowest BCUT2D eigenvalue weighted by Gasteiger charge is -2.24. The fraction of sp³-hybridized carbons (Fsp3) is 0.389. The van der Waals surface area contributed by atoms with E-state index in [-0.39, 0.29) is 24.4 Å². The van der Waals surface area contributed by atoms with Crippen molar-refractivity contribution in [2.75, 3.05) is 6.54 Å². The topological polar surface area (TPSA) is 49.4 Å². The average Bonchev–Trinajstić information content (AvgIpc) is 2.86. The number of amides is 2. The van der Waals surface area contributed by atoms with Gasteiger partial charge < -0.3 is 5.32 Å². The Morgan fingerprint density at radius 2 is 1.92 bits per heavy atom. The van der Waals surface area contributed by atoms with E-state index in [2.05, 4.69) is 5.32 Å². The van der Waals surface area contributed by atoms with Crippen LogP contribution in [0.2, 0.25) is 10.0 Å². The molecule has 1 aliphatic heterocycles. The van der Waals surface area contributed by atoms with Gasteiger partial charge in [-0.3, -0.25) is 14.5 Å². The minimum Gasteiger partial charge on any atom is -0.352 e. The number of hydrogen-bond donors (Lipinski definition) is 1. The fourth-order valence-corrected chi connectivity index (χ4v) is 4.82. The highest BCUT2D eigenvalue weighted by molar-refractivity contribution is 8.26. The van der Waals surface area contributed by atoms with Gasteiger partial charge in [0, 0.05) is 21.7 Å². The molecular formula is C18H18Cl2N2O2S2. The predicted octanol–water partition coefficient (Wildman–Crippen LogP) is 4.64. The molecule has 1 saturated carbocycles. The summed E-state index contributed by atoms with van der Waals surface area (Å²) >= 11 is 18.8. The van der Waals surface area contributed by atoms with Crippen LogP contribution in [0.4, 0.5) is 0 Å². The zero-order chi connectivity index (χ0) is 18.7. The Morgan fingerprint density at radius 1 is 1.27 bits per heavy atom. The van der Waals surface area contributed by atoms with Crippen LogP contribution >= 0.6 is 47.2 Å². The van der Waals surface area contributed by atoms with Gasteiger partial charge in [-0.1, -0.05) is 72.5 Å². The third-order valence-corrected chi connectivity index (χ3v) is 6.46. The van der Waals surface area contributed by atoms with E-state index in [0.717, 1.165) is 37.4 Å². The van der Waals surface area contributed by atoms with Gasteiger partial charge in [-0.15, -0.1) is 0 Å². The van der Waals surface area contributed by atoms with Crippen molar-refractivity contribution >= 4 is 69.4 Å². The van der Waals surface area contributed by atoms with Crippen molar-refractivity contribution in [2.45, 2.75) is 38.1 Å². The highest BCUT2D eigenvalue weighted by Gasteiger charge is 2.34. The number of halogens is 2. The van der Waals surface area contributed by atoms with Gasteiger partial charge >= 0.3 is 0 Å². The molecule has 3 rings (SSSR count). The minimum absolute atomic E-state index is 0.0608. The van der Waals surface area contributed by atoms with Gasteiger partial charge in [-0.05, 0) is 31.1 Å². The molecule has 0 unspecified atom stereocenters. The maximum absolute atomic E-state index is 12.7. The average molecular weight is 429 g/mol. The van der Waals surface area contributed by atoms with Crippen LogP contribution in [0.25, 0.3) is 6.08 Å². The summed E-state index contributed by atoms with van der Waals surface area (Å²) in [6.45, 7) is -0.0608. The summed E-state index contributed by atoms with van der Waals surface area (Å²) < 4.78 is 0.364. The zero-order valence-corrected chi connectivity index (χ0v) is 17.1. The molecule has 1 aromatic rings. The molecule has 0 bridgehead atoms. The molecule has 2 aliphatic rings. The monoisotopic (exact) mass is 428 g/mol. The summed E-state index contributed by atoms with van der Waals surface area (Å²) in [6.07, 6.45) is 7.10. The molecule has 1 N–H and O–H groups in total. The lowest BCUT2D eigenvalue weighted by molar-refractivity contribution is -0.129. The second-order valence-corrected chi connectivity index (χ2v) is 8.80. The van der Waals surface area contributed by atoms with Gasteiger partial charge in [-0.25, -0.2) is 0 Å². The first-order valence-electron chi connectivity index (χ1n) is 8.44. The highest BCUT2D eigenvalue weighted by atomic mass is 35.5. The number of thioether (sulfide) groups is 1. The molecule has 2 fully saturated rings. The summed E-state index contributed by atoms with van der Waals surface area (Å²) in [7, 11) is 0. The number of hydrogen-bond acceptors (Lipinski definition) is 4. The molecule has 0 spiro atoms. The van der Waals surface area contributed by atoms with E-state index in [4.69, 9.17) is 35.4 Å². The van der Waals surface area contributed by atoms with Crippen molar-refractivity contribution in [3.63, 3.8) is 0 Å². The third kappa shape index (κ3) is 4.60. The Balaban J connectivity index is 1.68. The van der Waals surface area contributed by atoms with Gasteiger partial charge in [-0.2, -0.15) is 0 Å². The number of nitrogens with zero attached hydrogens (tertiary/aromatic N) is 1. The maximum Gasteiger partial charge on any atom is 0.266 e. The second-order valence-electron chi connectivity index (χ2n) is 6.31. The summed E-state index contributed by atoms with van der Waals surface area (Å²) in [5.74, 6) is -0.472. The van der Waals surface area contributed by atoms with Crippen LogP contribution in [0, 0.1) is 0 Å². The van der Waals surface area contributed by atoms with E-state index in [9.17, 15) is 9.59 Å². The molecule has 1 heterocycles. The molecule has 1 saturated heterocycles. The maximum atomic E-state index is 12.7. The third-order valence-electron chi connectivity index (χ3n) is 4.42. The first-order chi connectivity index (χ1) is 12.5. The highest BCUT2D eigenvalue weighted by Crippen LogP contribution is 2.35. The number of nitrogens with one attached hydrogen (secondary N) is 1. The van der Waals surface area contributed by atoms with Gasteiger partial charge in [0.25, 0.3) is 5.91 Å². The van der Waals surface area contributed by atoms with Crippen molar-refractivity contribution in [2.24, 2.45) is 0 Å². The second kappa shape index (κ2) is 8.74. The number of benzene rings is 1. The Morgan fingerprint density at radius 3 is 2.58 bits per heavy atom. The van der Waals surface area contributed by atoms with Gasteiger partial charge in [0.05, 0.1) is 4.91 Å². The van der Waals surface area contributed by atoms with E-state index in [1.165, 1.54) is 11.3 Å². The number of carbonyl (C=O) groups is 2. The normalized spacial score (nSPS) is 20.1. The molecule has 1 aliphatic carbocycles. The largest absolute Gasteiger partial charge is 0.352 e. The standard InChI is InChI=1S/C18H18Cl2N2O2S2/c19-13-7-4-8-14(20)12(13)9-15-17(24)22(18(25)26-15)10-16(23)21-11-5-2-1-3-6-11/h4,7-9,11H,1-3,5-6,10H2,(H,21,23)/b15-9-. The molecule has 0 atom stereocenters. The van der Waals surface area contributed by atoms with E-state index >= 15 is 0 Å². The first kappa shape index (κ1) is 19.7. The number of thiocarbonyl (C=S) groups is 1. The quantitative estimate of drug-likeness (QED) is 0.560. The molecule has 0 radical (unpaired) electrons. The molecule has 138 valence electrons. The van der Waals surface area contributed by atoms with Crippen LogP contribution in [0.1, 0.15) is 37.7 Å². The van der Waals surface area contributed by atoms with Gasteiger partial charge in [0.1, 0.15) is 10.9 Å². The van der Waals surface area contributed by atoms with E-state index in [0.29, 0.717) is 24.8 Å². The lowest BCUT2D eigenvalue weighted by Crippen LogP contribution is -2.44. The summed E-state index contributed by atoms with van der Waals surface area (Å²) in [5.41, 5.74) is 0.572. The van der Waals surface area contributed by atoms with Crippen LogP contribution in [-0.4, -0.2) is 33.6 Å². The van der Waals surface area contributed by atoms with E-state index < -0.39 is 0 Å². The Hall–Kier alpha value is -1.08. The minimum atomic E-state index is -0.296. The van der Waals surface area contributed by atoms with Gasteiger partial charge in [0.15, 0.2) is 0 Å². The SMILES string of the molecule is O=C(CN1C(=O)/C(=C/c2c(Cl)cccc2Cl)SC1=S)NC1CCCCC1. The molecule has 2 amide bonds. The summed E-state index contributed by atoms with van der Waals surface area (Å²) in [4.78, 5) is 26.7. The Kier molecular flexibility index (Phi) is 6.61. The van der Waals surface area contributed by atoms with Crippen molar-refractivity contribution < 1.29 is 9.59 Å². The molecular weight excluding hydrogens is 411 g/mol. The van der Waals surface area contributed by atoms with Crippen molar-refractivity contribution in [3.05, 3.63) is 38.7 Å². The number of carbonyl (C=O) groups excluding carboxylic acids is 2. The molecule has 26 heavy (non-hydrogen) atoms. The van der Waals surface area contributed by atoms with E-state index in [1.54, 1.807) is 24.3 Å². The van der Waals surface area contributed by atoms with Crippen LogP contribution in [0.5, 0.6) is 0 Å². The predicted molar refractivity (Wildman–Crippen MR) is 111 cm³/mol. The molecule has 8 heteroatoms.